The molecule has 1 aromatic rings. The van der Waals surface area contributed by atoms with Gasteiger partial charge in [-0.3, -0.25) is 43.7 Å². The van der Waals surface area contributed by atoms with Crippen LogP contribution < -0.4 is 43.8 Å². The molecule has 4 atom stereocenters. The van der Waals surface area contributed by atoms with Crippen molar-refractivity contribution in [2.24, 2.45) is 32.2 Å². The van der Waals surface area contributed by atoms with E-state index in [0.717, 1.165) is 44.9 Å². The first-order valence-electron chi connectivity index (χ1n) is 19.6. The zero-order chi connectivity index (χ0) is 41.0. The van der Waals surface area contributed by atoms with Crippen molar-refractivity contribution in [3.63, 3.8) is 0 Å². The second kappa shape index (κ2) is 23.4. The average Bonchev–Trinajstić information content (AvgIpc) is 3.67. The van der Waals surface area contributed by atoms with Crippen LogP contribution in [0.1, 0.15) is 102 Å². The minimum absolute atomic E-state index is 0.00123. The molecular weight excluding hydrogens is 720 g/mol. The lowest BCUT2D eigenvalue weighted by Gasteiger charge is -2.34. The van der Waals surface area contributed by atoms with E-state index in [-0.39, 0.29) is 54.1 Å². The molecule has 4 heterocycles. The molecule has 0 radical (unpaired) electrons. The van der Waals surface area contributed by atoms with E-state index in [1.165, 1.54) is 0 Å². The number of carbonyl (C=O) groups excluding carboxylic acids is 6. The van der Waals surface area contributed by atoms with Crippen LogP contribution in [0, 0.1) is 0 Å². The summed E-state index contributed by atoms with van der Waals surface area (Å²) in [4.78, 5) is 84.9. The van der Waals surface area contributed by atoms with Gasteiger partial charge in [-0.2, -0.15) is 0 Å². The fourth-order valence-electron chi connectivity index (χ4n) is 6.24. The lowest BCUT2D eigenvalue weighted by atomic mass is 10.0. The van der Waals surface area contributed by atoms with E-state index in [1.54, 1.807) is 29.2 Å². The summed E-state index contributed by atoms with van der Waals surface area (Å²) in [7, 11) is 0. The molecule has 11 N–H and O–H groups in total. The smallest absolute Gasteiger partial charge is 0.254 e. The maximum Gasteiger partial charge on any atom is 0.254 e. The fraction of sp³-hybridized carbons (Fsp3) is 0.605. The first-order chi connectivity index (χ1) is 26.9. The molecule has 308 valence electrons. The number of nitrogens with one attached hydrogen (secondary N) is 5. The Hall–Kier alpha value is -5.55. The van der Waals surface area contributed by atoms with E-state index >= 15 is 0 Å². The number of amides is 6. The molecule has 4 aliphatic rings. The molecule has 0 aromatic heterocycles. The quantitative estimate of drug-likeness (QED) is 0.0696. The highest BCUT2D eigenvalue weighted by Crippen LogP contribution is 2.23. The molecule has 4 aliphatic heterocycles. The molecule has 0 aliphatic carbocycles. The number of para-hydroxylation sites is 1. The molecule has 0 bridgehead atoms. The van der Waals surface area contributed by atoms with Crippen LogP contribution in [0.5, 0.6) is 0 Å². The van der Waals surface area contributed by atoms with Gasteiger partial charge in [0.05, 0.1) is 35.3 Å². The van der Waals surface area contributed by atoms with Crippen LogP contribution in [0.2, 0.25) is 0 Å². The molecule has 5 rings (SSSR count). The minimum Gasteiger partial charge on any atom is -0.387 e. The third-order valence-corrected chi connectivity index (χ3v) is 9.56. The molecule has 18 nitrogen and oxygen atoms in total. The number of carbonyl (C=O) groups is 6. The maximum absolute atomic E-state index is 12.2. The number of fused-ring (bicyclic) bond motifs is 2. The molecule has 1 aromatic carbocycles. The third-order valence-electron chi connectivity index (χ3n) is 9.56. The van der Waals surface area contributed by atoms with Crippen LogP contribution in [0.3, 0.4) is 0 Å². The van der Waals surface area contributed by atoms with Gasteiger partial charge in [-0.1, -0.05) is 32.9 Å². The Morgan fingerprint density at radius 1 is 0.696 bits per heavy atom. The average molecular weight is 781 g/mol. The van der Waals surface area contributed by atoms with Gasteiger partial charge in [-0.25, -0.2) is 0 Å². The molecule has 0 saturated carbocycles. The summed E-state index contributed by atoms with van der Waals surface area (Å²) >= 11 is 0. The van der Waals surface area contributed by atoms with Crippen molar-refractivity contribution in [2.75, 3.05) is 38.0 Å². The van der Waals surface area contributed by atoms with Gasteiger partial charge in [0.2, 0.25) is 29.5 Å². The van der Waals surface area contributed by atoms with E-state index in [1.807, 2.05) is 20.8 Å². The van der Waals surface area contributed by atoms with E-state index in [0.29, 0.717) is 80.6 Å². The second-order valence-corrected chi connectivity index (χ2v) is 13.8. The van der Waals surface area contributed by atoms with Crippen molar-refractivity contribution < 1.29 is 28.8 Å². The first-order valence-corrected chi connectivity index (χ1v) is 19.6. The number of rotatable bonds is 15. The van der Waals surface area contributed by atoms with Gasteiger partial charge in [0, 0.05) is 45.4 Å². The summed E-state index contributed by atoms with van der Waals surface area (Å²) in [6, 6.07) is 5.42. The van der Waals surface area contributed by atoms with Crippen molar-refractivity contribution in [3.05, 3.63) is 29.8 Å². The maximum atomic E-state index is 12.2. The molecule has 56 heavy (non-hydrogen) atoms. The van der Waals surface area contributed by atoms with Gasteiger partial charge in [-0.05, 0) is 63.5 Å². The van der Waals surface area contributed by atoms with E-state index in [9.17, 15) is 28.8 Å². The lowest BCUT2D eigenvalue weighted by Crippen LogP contribution is -2.61. The van der Waals surface area contributed by atoms with Crippen molar-refractivity contribution >= 4 is 58.6 Å². The summed E-state index contributed by atoms with van der Waals surface area (Å²) in [5.41, 5.74) is 17.8. The number of hydrogen-bond donors (Lipinski definition) is 8. The van der Waals surface area contributed by atoms with Crippen LogP contribution in [0.15, 0.2) is 39.2 Å². The lowest BCUT2D eigenvalue weighted by molar-refractivity contribution is -0.147. The topological polar surface area (TPSA) is 281 Å². The number of aliphatic imine (C=N–C) groups is 3. The number of nitrogens with two attached hydrogens (primary N) is 3. The number of nitrogens with zero attached hydrogens (tertiary/aromatic N) is 4. The highest BCUT2D eigenvalue weighted by molar-refractivity contribution is 6.09. The van der Waals surface area contributed by atoms with Crippen LogP contribution in [0.4, 0.5) is 5.69 Å². The van der Waals surface area contributed by atoms with Gasteiger partial charge in [0.1, 0.15) is 24.2 Å². The molecule has 3 saturated heterocycles. The number of hydrogen-bond acceptors (Lipinski definition) is 9. The zero-order valence-corrected chi connectivity index (χ0v) is 32.9. The summed E-state index contributed by atoms with van der Waals surface area (Å²) < 4.78 is 0. The van der Waals surface area contributed by atoms with Gasteiger partial charge in [-0.15, -0.1) is 0 Å². The van der Waals surface area contributed by atoms with Crippen molar-refractivity contribution in [1.82, 2.24) is 26.2 Å². The number of benzene rings is 1. The number of anilines is 1. The Morgan fingerprint density at radius 2 is 1.23 bits per heavy atom. The first kappa shape index (κ1) is 44.8. The molecule has 6 amide bonds. The number of amidine groups is 3. The summed E-state index contributed by atoms with van der Waals surface area (Å²) in [6.45, 7) is 8.40. The van der Waals surface area contributed by atoms with E-state index in [4.69, 9.17) is 17.2 Å². The molecule has 3 fully saturated rings. The Morgan fingerprint density at radius 3 is 1.80 bits per heavy atom. The van der Waals surface area contributed by atoms with Gasteiger partial charge < -0.3 is 48.7 Å². The zero-order valence-electron chi connectivity index (χ0n) is 32.9. The SMILES string of the molecule is CCC(N)=NCCC[C@@H]1NC(=O)CNC1=O.CCC(N)=NCCC[C@@H]1NC(=O)[C@H]2CCCN2C1=O.CCC(N)=NCCC[C@@H]1NC(=O)c2ccccc2NC1=O. The van der Waals surface area contributed by atoms with Crippen LogP contribution in [-0.4, -0.2) is 115 Å². The van der Waals surface area contributed by atoms with Crippen molar-refractivity contribution in [1.29, 1.82) is 0 Å². The molecule has 18 heteroatoms. The van der Waals surface area contributed by atoms with Crippen LogP contribution >= 0.6 is 0 Å². The highest BCUT2D eigenvalue weighted by Gasteiger charge is 2.42. The Balaban J connectivity index is 0.000000228. The summed E-state index contributed by atoms with van der Waals surface area (Å²) in [6.07, 6.45) is 7.86. The van der Waals surface area contributed by atoms with E-state index < -0.39 is 12.1 Å². The fourth-order valence-corrected chi connectivity index (χ4v) is 6.24. The van der Waals surface area contributed by atoms with Crippen molar-refractivity contribution in [3.8, 4) is 0 Å². The van der Waals surface area contributed by atoms with Crippen molar-refractivity contribution in [2.45, 2.75) is 116 Å². The standard InChI is InChI=1S/C15H20N4O2.C13H22N4O2.C10H18N4O2/c1-2-13(16)17-9-5-8-12-15(21)18-11-7-4-3-6-10(11)14(20)19-12;1-2-11(14)15-7-3-5-9-13(19)17-8-4-6-10(17)12(18)16-9;1-2-8(11)12-5-3-4-7-10(16)13-6-9(15)14-7/h3-4,6-7,12H,2,5,8-9H2,1H3,(H2,16,17)(H,18,21)(H,19,20);9-10H,2-8H2,1H3,(H2,14,15)(H,16,18);7H,2-6H2,1H3,(H2,11,12)(H,13,16)(H,14,15)/t12-;9-,10+;7-/m000/s1. The van der Waals surface area contributed by atoms with E-state index in [2.05, 4.69) is 41.6 Å². The molecule has 0 unspecified atom stereocenters. The van der Waals surface area contributed by atoms with Crippen LogP contribution in [-0.2, 0) is 24.0 Å². The highest BCUT2D eigenvalue weighted by atomic mass is 16.2. The molecular formula is C38H60N12O6. The predicted molar refractivity (Wildman–Crippen MR) is 216 cm³/mol. The number of piperazine rings is 2. The van der Waals surface area contributed by atoms with Crippen LogP contribution in [0.25, 0.3) is 0 Å². The Labute approximate surface area is 328 Å². The van der Waals surface area contributed by atoms with Gasteiger partial charge >= 0.3 is 0 Å². The van der Waals surface area contributed by atoms with Gasteiger partial charge in [0.25, 0.3) is 5.91 Å². The second-order valence-electron chi connectivity index (χ2n) is 13.8. The third kappa shape index (κ3) is 14.3. The normalized spacial score (nSPS) is 22.4. The predicted octanol–water partition coefficient (Wildman–Crippen LogP) is 0.456. The Kier molecular flexibility index (Phi) is 18.7. The van der Waals surface area contributed by atoms with Gasteiger partial charge in [0.15, 0.2) is 0 Å². The summed E-state index contributed by atoms with van der Waals surface area (Å²) in [5, 5.41) is 13.5. The molecule has 0 spiro atoms. The Bertz CT molecular complexity index is 1630. The minimum atomic E-state index is -0.539. The monoisotopic (exact) mass is 780 g/mol. The summed E-state index contributed by atoms with van der Waals surface area (Å²) in [5.74, 6) is 1.25. The largest absolute Gasteiger partial charge is 0.387 e.